The normalized spacial score (nSPS) is 24.6. The maximum atomic E-state index is 13.1. The van der Waals surface area contributed by atoms with Crippen LogP contribution >= 0.6 is 0 Å². The van der Waals surface area contributed by atoms with Crippen LogP contribution in [0.2, 0.25) is 0 Å². The van der Waals surface area contributed by atoms with E-state index in [0.717, 1.165) is 25.7 Å². The van der Waals surface area contributed by atoms with Gasteiger partial charge in [0, 0.05) is 38.0 Å². The third kappa shape index (κ3) is 6.44. The first-order valence-electron chi connectivity index (χ1n) is 13.7. The average Bonchev–Trinajstić information content (AvgIpc) is 3.80. The van der Waals surface area contributed by atoms with Crippen LogP contribution in [0.4, 0.5) is 0 Å². The molecule has 210 valence electrons. The van der Waals surface area contributed by atoms with Crippen molar-refractivity contribution in [3.8, 4) is 0 Å². The molecular formula is C26H38N4O8. The first kappa shape index (κ1) is 27.8. The number of carbonyl (C=O) groups excluding carboxylic acids is 6. The van der Waals surface area contributed by atoms with Gasteiger partial charge in [-0.05, 0) is 64.2 Å². The van der Waals surface area contributed by atoms with Crippen LogP contribution in [-0.2, 0) is 38.2 Å². The highest BCUT2D eigenvalue weighted by molar-refractivity contribution is 6.10. The second kappa shape index (κ2) is 12.1. The minimum Gasteiger partial charge on any atom is -0.467 e. The number of rotatable bonds is 12. The maximum Gasteiger partial charge on any atom is 0.341 e. The lowest BCUT2D eigenvalue weighted by Gasteiger charge is -2.34. The van der Waals surface area contributed by atoms with Gasteiger partial charge in [-0.1, -0.05) is 0 Å². The molecule has 2 aliphatic carbocycles. The second-order valence-corrected chi connectivity index (χ2v) is 10.7. The van der Waals surface area contributed by atoms with Crippen molar-refractivity contribution >= 4 is 35.6 Å². The number of nitrogens with zero attached hydrogens (tertiary/aromatic N) is 2. The lowest BCUT2D eigenvalue weighted by Crippen LogP contribution is -2.62. The number of carbonyl (C=O) groups is 6. The van der Waals surface area contributed by atoms with Gasteiger partial charge in [0.1, 0.15) is 6.04 Å². The molecule has 0 bridgehead atoms. The van der Waals surface area contributed by atoms with Gasteiger partial charge < -0.3 is 29.9 Å². The maximum absolute atomic E-state index is 13.1. The fraction of sp³-hybridized carbons (Fsp3) is 0.769. The van der Waals surface area contributed by atoms with E-state index in [1.165, 1.54) is 16.9 Å². The number of likely N-dealkylation sites (tertiary alicyclic amines) is 2. The highest BCUT2D eigenvalue weighted by Crippen LogP contribution is 2.33. The van der Waals surface area contributed by atoms with Crippen LogP contribution in [0, 0.1) is 0 Å². The summed E-state index contributed by atoms with van der Waals surface area (Å²) in [7, 11) is 1.21. The smallest absolute Gasteiger partial charge is 0.341 e. The van der Waals surface area contributed by atoms with E-state index < -0.39 is 29.4 Å². The van der Waals surface area contributed by atoms with Crippen molar-refractivity contribution in [3.63, 3.8) is 0 Å². The fourth-order valence-corrected chi connectivity index (χ4v) is 5.27. The Kier molecular flexibility index (Phi) is 8.88. The van der Waals surface area contributed by atoms with Crippen molar-refractivity contribution in [1.82, 2.24) is 20.4 Å². The summed E-state index contributed by atoms with van der Waals surface area (Å²) in [6.45, 7) is 0.386. The highest BCUT2D eigenvalue weighted by atomic mass is 16.5. The Labute approximate surface area is 222 Å². The summed E-state index contributed by atoms with van der Waals surface area (Å²) in [6, 6.07) is -0.479. The number of unbranched alkanes of at least 4 members (excludes halogenated alkanes) is 1. The second-order valence-electron chi connectivity index (χ2n) is 10.7. The van der Waals surface area contributed by atoms with Gasteiger partial charge in [-0.2, -0.15) is 0 Å². The summed E-state index contributed by atoms with van der Waals surface area (Å²) in [5, 5.41) is 5.60. The number of hydrogen-bond acceptors (Lipinski definition) is 8. The van der Waals surface area contributed by atoms with E-state index in [2.05, 4.69) is 10.6 Å². The van der Waals surface area contributed by atoms with E-state index in [1.54, 1.807) is 0 Å². The molecule has 2 saturated heterocycles. The van der Waals surface area contributed by atoms with Gasteiger partial charge in [-0.15, -0.1) is 0 Å². The molecule has 0 unspecified atom stereocenters. The number of amides is 4. The van der Waals surface area contributed by atoms with Crippen molar-refractivity contribution in [2.24, 2.45) is 0 Å². The van der Waals surface area contributed by atoms with E-state index in [9.17, 15) is 28.8 Å². The minimum atomic E-state index is -1.64. The summed E-state index contributed by atoms with van der Waals surface area (Å²) in [5.41, 5.74) is -1.64. The van der Waals surface area contributed by atoms with Crippen LogP contribution < -0.4 is 10.6 Å². The summed E-state index contributed by atoms with van der Waals surface area (Å²) in [4.78, 5) is 78.7. The fourth-order valence-electron chi connectivity index (χ4n) is 5.27. The first-order valence-corrected chi connectivity index (χ1v) is 13.7. The van der Waals surface area contributed by atoms with E-state index in [4.69, 9.17) is 9.47 Å². The van der Waals surface area contributed by atoms with Gasteiger partial charge in [-0.3, -0.25) is 19.2 Å². The largest absolute Gasteiger partial charge is 0.467 e. The Morgan fingerprint density at radius 1 is 0.842 bits per heavy atom. The van der Waals surface area contributed by atoms with Crippen LogP contribution in [0.25, 0.3) is 0 Å². The van der Waals surface area contributed by atoms with Crippen LogP contribution in [0.15, 0.2) is 0 Å². The van der Waals surface area contributed by atoms with Crippen LogP contribution in [0.1, 0.15) is 77.0 Å². The predicted molar refractivity (Wildman–Crippen MR) is 132 cm³/mol. The molecule has 12 nitrogen and oxygen atoms in total. The Hall–Kier alpha value is -3.18. The Bertz CT molecular complexity index is 963. The summed E-state index contributed by atoms with van der Waals surface area (Å²) in [5.74, 6) is -2.64. The van der Waals surface area contributed by atoms with Gasteiger partial charge in [0.15, 0.2) is 6.61 Å². The lowest BCUT2D eigenvalue weighted by atomic mass is 9.94. The molecule has 0 spiro atoms. The van der Waals surface area contributed by atoms with Crippen LogP contribution in [0.5, 0.6) is 0 Å². The van der Waals surface area contributed by atoms with Gasteiger partial charge in [0.25, 0.3) is 11.8 Å². The molecule has 0 aromatic rings. The van der Waals surface area contributed by atoms with Crippen LogP contribution in [-0.4, -0.2) is 95.8 Å². The SMILES string of the molecule is COC(=O)[C@]1(C(=O)NC2CC2)CCCN1C(=O)CCCCC(=O)N1CCC[C@@H]1C(=O)OCC(=O)NC1CC1. The van der Waals surface area contributed by atoms with Gasteiger partial charge in [-0.25, -0.2) is 9.59 Å². The molecule has 0 radical (unpaired) electrons. The molecular weight excluding hydrogens is 496 g/mol. The highest BCUT2D eigenvalue weighted by Gasteiger charge is 2.57. The summed E-state index contributed by atoms with van der Waals surface area (Å²) >= 11 is 0. The van der Waals surface area contributed by atoms with E-state index in [1.807, 2.05) is 0 Å². The lowest BCUT2D eigenvalue weighted by molar-refractivity contribution is -0.165. The number of ether oxygens (including phenoxy) is 2. The van der Waals surface area contributed by atoms with Gasteiger partial charge in [0.05, 0.1) is 7.11 Å². The topological polar surface area (TPSA) is 151 Å². The molecule has 4 aliphatic rings. The monoisotopic (exact) mass is 534 g/mol. The van der Waals surface area contributed by atoms with E-state index >= 15 is 0 Å². The molecule has 0 aromatic carbocycles. The number of methoxy groups -OCH3 is 1. The molecule has 2 aliphatic heterocycles. The minimum absolute atomic E-state index is 0.0409. The van der Waals surface area contributed by atoms with Crippen molar-refractivity contribution in [1.29, 1.82) is 0 Å². The zero-order chi connectivity index (χ0) is 27.3. The Morgan fingerprint density at radius 2 is 1.50 bits per heavy atom. The standard InChI is InChI=1S/C26H38N4O8/c1-37-25(36)26(24(35)28-18-11-12-18)13-5-15-30(26)22(33)8-3-2-7-21(32)29-14-4-6-19(29)23(34)38-16-20(31)27-17-9-10-17/h17-19H,2-16H2,1H3,(H,27,31)(H,28,35)/t19-,26-/m1/s1. The molecule has 2 saturated carbocycles. The van der Waals surface area contributed by atoms with E-state index in [0.29, 0.717) is 45.2 Å². The number of nitrogens with one attached hydrogen (secondary N) is 2. The molecule has 4 amide bonds. The third-order valence-electron chi connectivity index (χ3n) is 7.66. The quantitative estimate of drug-likeness (QED) is 0.204. The van der Waals surface area contributed by atoms with Crippen molar-refractivity contribution < 1.29 is 38.2 Å². The Morgan fingerprint density at radius 3 is 2.16 bits per heavy atom. The molecule has 2 heterocycles. The number of hydrogen-bond donors (Lipinski definition) is 2. The van der Waals surface area contributed by atoms with Crippen molar-refractivity contribution in [3.05, 3.63) is 0 Å². The third-order valence-corrected chi connectivity index (χ3v) is 7.66. The molecule has 0 aromatic heterocycles. The molecule has 12 heteroatoms. The first-order chi connectivity index (χ1) is 18.3. The van der Waals surface area contributed by atoms with E-state index in [-0.39, 0.29) is 55.7 Å². The summed E-state index contributed by atoms with van der Waals surface area (Å²) < 4.78 is 10.1. The molecule has 2 atom stereocenters. The van der Waals surface area contributed by atoms with Gasteiger partial charge >= 0.3 is 11.9 Å². The predicted octanol–water partition coefficient (Wildman–Crippen LogP) is 0.172. The molecule has 2 N–H and O–H groups in total. The zero-order valence-electron chi connectivity index (χ0n) is 22.0. The van der Waals surface area contributed by atoms with Crippen molar-refractivity contribution in [2.75, 3.05) is 26.8 Å². The molecule has 4 fully saturated rings. The summed E-state index contributed by atoms with van der Waals surface area (Å²) in [6.07, 6.45) is 6.55. The van der Waals surface area contributed by atoms with Crippen molar-refractivity contribution in [2.45, 2.75) is 101 Å². The molecule has 4 rings (SSSR count). The number of esters is 2. The average molecular weight is 535 g/mol. The zero-order valence-corrected chi connectivity index (χ0v) is 22.0. The van der Waals surface area contributed by atoms with Crippen LogP contribution in [0.3, 0.4) is 0 Å². The molecule has 38 heavy (non-hydrogen) atoms. The Balaban J connectivity index is 1.22. The van der Waals surface area contributed by atoms with Gasteiger partial charge in [0.2, 0.25) is 17.4 Å².